The molecule has 1 amide bonds. The van der Waals surface area contributed by atoms with Crippen molar-refractivity contribution in [1.29, 1.82) is 0 Å². The van der Waals surface area contributed by atoms with Crippen molar-refractivity contribution in [2.75, 3.05) is 13.7 Å². The van der Waals surface area contributed by atoms with Crippen LogP contribution in [0.4, 0.5) is 0 Å². The molecule has 0 aromatic rings. The summed E-state index contributed by atoms with van der Waals surface area (Å²) in [5.74, 6) is -0.823. The van der Waals surface area contributed by atoms with Gasteiger partial charge < -0.3 is 15.8 Å². The summed E-state index contributed by atoms with van der Waals surface area (Å²) in [7, 11) is 1.32. The molecule has 0 saturated carbocycles. The number of hydrogen-bond donors (Lipinski definition) is 2. The summed E-state index contributed by atoms with van der Waals surface area (Å²) in [6.45, 7) is 6.01. The molecule has 0 spiro atoms. The first kappa shape index (κ1) is 15.9. The zero-order valence-corrected chi connectivity index (χ0v) is 11.2. The van der Waals surface area contributed by atoms with E-state index in [0.717, 1.165) is 12.8 Å². The second kappa shape index (κ2) is 8.06. The summed E-state index contributed by atoms with van der Waals surface area (Å²) < 4.78 is 4.66. The van der Waals surface area contributed by atoms with Gasteiger partial charge in [-0.1, -0.05) is 27.2 Å². The van der Waals surface area contributed by atoms with Gasteiger partial charge in [0.05, 0.1) is 13.0 Å². The molecule has 0 aliphatic heterocycles. The quantitative estimate of drug-likeness (QED) is 0.645. The molecule has 100 valence electrons. The number of carbonyl (C=O) groups excluding carboxylic acids is 2. The first-order valence-electron chi connectivity index (χ1n) is 6.06. The number of rotatable bonds is 7. The van der Waals surface area contributed by atoms with Crippen LogP contribution in [0.5, 0.6) is 0 Å². The normalized spacial score (nSPS) is 14.2. The third-order valence-corrected chi connectivity index (χ3v) is 2.71. The van der Waals surface area contributed by atoms with Gasteiger partial charge in [0.15, 0.2) is 0 Å². The Labute approximate surface area is 103 Å². The van der Waals surface area contributed by atoms with Crippen LogP contribution < -0.4 is 11.1 Å². The molecule has 0 aliphatic rings. The first-order valence-corrected chi connectivity index (χ1v) is 6.06. The second-order valence-corrected chi connectivity index (χ2v) is 4.47. The summed E-state index contributed by atoms with van der Waals surface area (Å²) in [4.78, 5) is 23.4. The van der Waals surface area contributed by atoms with Crippen molar-refractivity contribution in [3.05, 3.63) is 0 Å². The Morgan fingerprint density at radius 3 is 2.29 bits per heavy atom. The zero-order chi connectivity index (χ0) is 13.4. The predicted octanol–water partition coefficient (Wildman–Crippen LogP) is 0.675. The van der Waals surface area contributed by atoms with Crippen LogP contribution in [0.3, 0.4) is 0 Å². The Kier molecular flexibility index (Phi) is 7.54. The molecule has 5 nitrogen and oxygen atoms in total. The minimum Gasteiger partial charge on any atom is -0.467 e. The van der Waals surface area contributed by atoms with E-state index in [-0.39, 0.29) is 17.7 Å². The summed E-state index contributed by atoms with van der Waals surface area (Å²) >= 11 is 0. The standard InChI is InChI=1S/C12H24N2O3/c1-5-6-9(7-13)11(15)14-10(8(2)3)12(16)17-4/h8-10H,5-7,13H2,1-4H3,(H,14,15)/t9?,10-/m0/s1. The largest absolute Gasteiger partial charge is 0.467 e. The van der Waals surface area contributed by atoms with Crippen molar-refractivity contribution < 1.29 is 14.3 Å². The van der Waals surface area contributed by atoms with E-state index >= 15 is 0 Å². The van der Waals surface area contributed by atoms with Crippen molar-refractivity contribution >= 4 is 11.9 Å². The van der Waals surface area contributed by atoms with Gasteiger partial charge in [0.2, 0.25) is 5.91 Å². The van der Waals surface area contributed by atoms with E-state index in [1.807, 2.05) is 20.8 Å². The highest BCUT2D eigenvalue weighted by Crippen LogP contribution is 2.08. The molecule has 3 N–H and O–H groups in total. The fourth-order valence-electron chi connectivity index (χ4n) is 1.60. The molecule has 0 radical (unpaired) electrons. The highest BCUT2D eigenvalue weighted by molar-refractivity contribution is 5.86. The maximum atomic E-state index is 11.9. The van der Waals surface area contributed by atoms with Gasteiger partial charge in [-0.15, -0.1) is 0 Å². The molecule has 0 fully saturated rings. The fourth-order valence-corrected chi connectivity index (χ4v) is 1.60. The van der Waals surface area contributed by atoms with Crippen LogP contribution in [-0.2, 0) is 14.3 Å². The lowest BCUT2D eigenvalue weighted by molar-refractivity contribution is -0.146. The Balaban J connectivity index is 4.53. The van der Waals surface area contributed by atoms with Crippen LogP contribution >= 0.6 is 0 Å². The number of ether oxygens (including phenoxy) is 1. The lowest BCUT2D eigenvalue weighted by atomic mass is 10.00. The van der Waals surface area contributed by atoms with Gasteiger partial charge in [-0.05, 0) is 12.3 Å². The number of esters is 1. The number of carbonyl (C=O) groups is 2. The molecular weight excluding hydrogens is 220 g/mol. The molecule has 0 aromatic heterocycles. The third-order valence-electron chi connectivity index (χ3n) is 2.71. The van der Waals surface area contributed by atoms with Crippen molar-refractivity contribution in [2.45, 2.75) is 39.7 Å². The average molecular weight is 244 g/mol. The van der Waals surface area contributed by atoms with Crippen molar-refractivity contribution in [3.63, 3.8) is 0 Å². The van der Waals surface area contributed by atoms with Crippen molar-refractivity contribution in [2.24, 2.45) is 17.6 Å². The van der Waals surface area contributed by atoms with E-state index in [0.29, 0.717) is 6.54 Å². The maximum absolute atomic E-state index is 11.9. The summed E-state index contributed by atoms with van der Waals surface area (Å²) in [6, 6.07) is -0.599. The van der Waals surface area contributed by atoms with Gasteiger partial charge in [-0.25, -0.2) is 4.79 Å². The molecule has 2 atom stereocenters. The van der Waals surface area contributed by atoms with Crippen molar-refractivity contribution in [3.8, 4) is 0 Å². The molecule has 0 aliphatic carbocycles. The fraction of sp³-hybridized carbons (Fsp3) is 0.833. The Bertz CT molecular complexity index is 254. The maximum Gasteiger partial charge on any atom is 0.328 e. The number of methoxy groups -OCH3 is 1. The smallest absolute Gasteiger partial charge is 0.328 e. The lowest BCUT2D eigenvalue weighted by Crippen LogP contribution is -2.48. The van der Waals surface area contributed by atoms with Gasteiger partial charge in [-0.2, -0.15) is 0 Å². The topological polar surface area (TPSA) is 81.4 Å². The first-order chi connectivity index (χ1) is 7.97. The average Bonchev–Trinajstić information content (AvgIpc) is 2.31. The molecule has 17 heavy (non-hydrogen) atoms. The SMILES string of the molecule is CCCC(CN)C(=O)N[C@H](C(=O)OC)C(C)C. The van der Waals surface area contributed by atoms with Gasteiger partial charge in [0, 0.05) is 6.54 Å². The van der Waals surface area contributed by atoms with E-state index in [1.54, 1.807) is 0 Å². The predicted molar refractivity (Wildman–Crippen MR) is 66.2 cm³/mol. The van der Waals surface area contributed by atoms with Crippen LogP contribution in [0.25, 0.3) is 0 Å². The highest BCUT2D eigenvalue weighted by atomic mass is 16.5. The molecule has 0 saturated heterocycles. The summed E-state index contributed by atoms with van der Waals surface area (Å²) in [6.07, 6.45) is 1.62. The highest BCUT2D eigenvalue weighted by Gasteiger charge is 2.27. The molecular formula is C12H24N2O3. The minimum absolute atomic E-state index is 0.00792. The Morgan fingerprint density at radius 2 is 1.94 bits per heavy atom. The number of hydrogen-bond acceptors (Lipinski definition) is 4. The molecule has 1 unspecified atom stereocenters. The summed E-state index contributed by atoms with van der Waals surface area (Å²) in [5.41, 5.74) is 5.54. The van der Waals surface area contributed by atoms with E-state index in [4.69, 9.17) is 5.73 Å². The third kappa shape index (κ3) is 5.17. The molecule has 0 rings (SSSR count). The van der Waals surface area contributed by atoms with Crippen LogP contribution in [0.15, 0.2) is 0 Å². The molecule has 0 aromatic carbocycles. The van der Waals surface area contributed by atoms with E-state index in [9.17, 15) is 9.59 Å². The van der Waals surface area contributed by atoms with Crippen LogP contribution in [0.2, 0.25) is 0 Å². The Morgan fingerprint density at radius 1 is 1.35 bits per heavy atom. The van der Waals surface area contributed by atoms with Crippen molar-refractivity contribution in [1.82, 2.24) is 5.32 Å². The van der Waals surface area contributed by atoms with Gasteiger partial charge in [0.25, 0.3) is 0 Å². The number of nitrogens with two attached hydrogens (primary N) is 1. The van der Waals surface area contributed by atoms with Crippen LogP contribution in [0.1, 0.15) is 33.6 Å². The van der Waals surface area contributed by atoms with E-state index in [1.165, 1.54) is 7.11 Å². The zero-order valence-electron chi connectivity index (χ0n) is 11.2. The monoisotopic (exact) mass is 244 g/mol. The molecule has 0 heterocycles. The number of amides is 1. The van der Waals surface area contributed by atoms with E-state index in [2.05, 4.69) is 10.1 Å². The lowest BCUT2D eigenvalue weighted by Gasteiger charge is -2.22. The second-order valence-electron chi connectivity index (χ2n) is 4.47. The van der Waals surface area contributed by atoms with E-state index < -0.39 is 12.0 Å². The number of nitrogens with one attached hydrogen (secondary N) is 1. The van der Waals surface area contributed by atoms with Crippen LogP contribution in [-0.4, -0.2) is 31.6 Å². The van der Waals surface area contributed by atoms with Crippen LogP contribution in [0, 0.1) is 11.8 Å². The Hall–Kier alpha value is -1.10. The molecule has 5 heteroatoms. The van der Waals surface area contributed by atoms with Gasteiger partial charge in [-0.3, -0.25) is 4.79 Å². The minimum atomic E-state index is -0.599. The summed E-state index contributed by atoms with van der Waals surface area (Å²) in [5, 5.41) is 2.71. The van der Waals surface area contributed by atoms with Gasteiger partial charge in [0.1, 0.15) is 6.04 Å². The van der Waals surface area contributed by atoms with Gasteiger partial charge >= 0.3 is 5.97 Å². The molecule has 0 bridgehead atoms.